The summed E-state index contributed by atoms with van der Waals surface area (Å²) in [7, 11) is 1.81. The van der Waals surface area contributed by atoms with Gasteiger partial charge in [0.15, 0.2) is 0 Å². The van der Waals surface area contributed by atoms with E-state index in [4.69, 9.17) is 4.74 Å². The molecule has 84 valence electrons. The van der Waals surface area contributed by atoms with Gasteiger partial charge in [0, 0.05) is 19.6 Å². The van der Waals surface area contributed by atoms with E-state index in [-0.39, 0.29) is 12.4 Å². The summed E-state index contributed by atoms with van der Waals surface area (Å²) in [5.41, 5.74) is 1.38. The van der Waals surface area contributed by atoms with Crippen molar-refractivity contribution in [2.24, 2.45) is 0 Å². The summed E-state index contributed by atoms with van der Waals surface area (Å²) < 4.78 is 5.52. The van der Waals surface area contributed by atoms with Crippen molar-refractivity contribution in [1.29, 1.82) is 0 Å². The monoisotopic (exact) mass is 227 g/mol. The summed E-state index contributed by atoms with van der Waals surface area (Å²) >= 11 is 0. The smallest absolute Gasteiger partial charge is 0.0664 e. The van der Waals surface area contributed by atoms with Crippen molar-refractivity contribution in [1.82, 2.24) is 5.32 Å². The van der Waals surface area contributed by atoms with Crippen LogP contribution in [0.25, 0.3) is 0 Å². The highest BCUT2D eigenvalue weighted by Crippen LogP contribution is 2.25. The number of hydrogen-bond acceptors (Lipinski definition) is 2. The average Bonchev–Trinajstić information content (AvgIpc) is 2.30. The zero-order valence-electron chi connectivity index (χ0n) is 8.98. The lowest BCUT2D eigenvalue weighted by Crippen LogP contribution is -2.39. The van der Waals surface area contributed by atoms with Crippen molar-refractivity contribution in [3.8, 4) is 0 Å². The zero-order chi connectivity index (χ0) is 9.80. The Balaban J connectivity index is 0.00000112. The van der Waals surface area contributed by atoms with E-state index >= 15 is 0 Å². The van der Waals surface area contributed by atoms with Crippen molar-refractivity contribution in [2.75, 3.05) is 20.2 Å². The molecule has 3 heteroatoms. The average molecular weight is 228 g/mol. The summed E-state index contributed by atoms with van der Waals surface area (Å²) in [6.07, 6.45) is 1.48. The largest absolute Gasteiger partial charge is 0.381 e. The fourth-order valence-electron chi connectivity index (χ4n) is 2.15. The Morgan fingerprint density at radius 2 is 2.00 bits per heavy atom. The number of rotatable bonds is 2. The zero-order valence-corrected chi connectivity index (χ0v) is 9.80. The molecule has 0 unspecified atom stereocenters. The molecule has 2 atom stereocenters. The fraction of sp³-hybridized carbons (Fsp3) is 0.500. The third-order valence-corrected chi connectivity index (χ3v) is 2.95. The first kappa shape index (κ1) is 12.5. The second-order valence-corrected chi connectivity index (χ2v) is 3.78. The first-order valence-electron chi connectivity index (χ1n) is 5.20. The van der Waals surface area contributed by atoms with Crippen LogP contribution < -0.4 is 5.32 Å². The van der Waals surface area contributed by atoms with E-state index in [0.717, 1.165) is 19.5 Å². The molecule has 1 aliphatic heterocycles. The number of hydrogen-bond donors (Lipinski definition) is 1. The standard InChI is InChI=1S/C12H17NO.ClH/c1-14-12-7-8-13-9-11(12)10-5-3-2-4-6-10;/h2-6,11-13H,7-9H2,1H3;1H/t11-,12+;/m1./s1. The van der Waals surface area contributed by atoms with E-state index in [1.807, 2.05) is 7.11 Å². The van der Waals surface area contributed by atoms with E-state index in [1.54, 1.807) is 0 Å². The van der Waals surface area contributed by atoms with Crippen LogP contribution in [0, 0.1) is 0 Å². The third kappa shape index (κ3) is 2.94. The molecule has 0 aromatic heterocycles. The lowest BCUT2D eigenvalue weighted by atomic mass is 9.89. The van der Waals surface area contributed by atoms with Crippen molar-refractivity contribution in [2.45, 2.75) is 18.4 Å². The maximum absolute atomic E-state index is 5.52. The molecule has 1 heterocycles. The molecular formula is C12H18ClNO. The van der Waals surface area contributed by atoms with Gasteiger partial charge in [0.2, 0.25) is 0 Å². The van der Waals surface area contributed by atoms with Crippen LogP contribution in [0.15, 0.2) is 30.3 Å². The van der Waals surface area contributed by atoms with Crippen LogP contribution in [0.2, 0.25) is 0 Å². The van der Waals surface area contributed by atoms with Gasteiger partial charge < -0.3 is 10.1 Å². The minimum atomic E-state index is 0. The van der Waals surface area contributed by atoms with Gasteiger partial charge in [-0.2, -0.15) is 0 Å². The second-order valence-electron chi connectivity index (χ2n) is 3.78. The fourth-order valence-corrected chi connectivity index (χ4v) is 2.15. The van der Waals surface area contributed by atoms with Crippen LogP contribution in [0.4, 0.5) is 0 Å². The number of methoxy groups -OCH3 is 1. The molecule has 0 spiro atoms. The Kier molecular flexibility index (Phi) is 5.09. The number of nitrogens with one attached hydrogen (secondary N) is 1. The van der Waals surface area contributed by atoms with Gasteiger partial charge in [-0.25, -0.2) is 0 Å². The van der Waals surface area contributed by atoms with Gasteiger partial charge >= 0.3 is 0 Å². The number of benzene rings is 1. The van der Waals surface area contributed by atoms with E-state index in [2.05, 4.69) is 35.6 Å². The highest BCUT2D eigenvalue weighted by atomic mass is 35.5. The van der Waals surface area contributed by atoms with Gasteiger partial charge in [0.25, 0.3) is 0 Å². The van der Waals surface area contributed by atoms with E-state index in [0.29, 0.717) is 12.0 Å². The lowest BCUT2D eigenvalue weighted by Gasteiger charge is -2.31. The van der Waals surface area contributed by atoms with Crippen LogP contribution >= 0.6 is 12.4 Å². The molecule has 1 aromatic rings. The van der Waals surface area contributed by atoms with Crippen LogP contribution in [0.3, 0.4) is 0 Å². The molecule has 1 saturated heterocycles. The Hall–Kier alpha value is -0.570. The first-order chi connectivity index (χ1) is 6.92. The topological polar surface area (TPSA) is 21.3 Å². The summed E-state index contributed by atoms with van der Waals surface area (Å²) in [5, 5.41) is 3.42. The molecule has 1 fully saturated rings. The molecule has 2 nitrogen and oxygen atoms in total. The molecule has 0 aliphatic carbocycles. The second kappa shape index (κ2) is 6.11. The van der Waals surface area contributed by atoms with Crippen LogP contribution in [0.5, 0.6) is 0 Å². The quantitative estimate of drug-likeness (QED) is 0.837. The van der Waals surface area contributed by atoms with Crippen LogP contribution in [-0.2, 0) is 4.74 Å². The normalized spacial score (nSPS) is 25.7. The van der Waals surface area contributed by atoms with Crippen molar-refractivity contribution in [3.05, 3.63) is 35.9 Å². The number of halogens is 1. The summed E-state index contributed by atoms with van der Waals surface area (Å²) in [6, 6.07) is 10.6. The molecule has 0 radical (unpaired) electrons. The highest BCUT2D eigenvalue weighted by molar-refractivity contribution is 5.85. The lowest BCUT2D eigenvalue weighted by molar-refractivity contribution is 0.0586. The number of ether oxygens (including phenoxy) is 1. The first-order valence-corrected chi connectivity index (χ1v) is 5.20. The molecular weight excluding hydrogens is 210 g/mol. The van der Waals surface area contributed by atoms with Crippen molar-refractivity contribution >= 4 is 12.4 Å². The molecule has 0 bridgehead atoms. The Morgan fingerprint density at radius 3 is 2.67 bits per heavy atom. The van der Waals surface area contributed by atoms with Gasteiger partial charge in [0.1, 0.15) is 0 Å². The van der Waals surface area contributed by atoms with Gasteiger partial charge in [-0.3, -0.25) is 0 Å². The van der Waals surface area contributed by atoms with E-state index in [9.17, 15) is 0 Å². The SMILES string of the molecule is CO[C@H]1CCNC[C@@H]1c1ccccc1.Cl. The third-order valence-electron chi connectivity index (χ3n) is 2.95. The van der Waals surface area contributed by atoms with Crippen LogP contribution in [-0.4, -0.2) is 26.3 Å². The summed E-state index contributed by atoms with van der Waals surface area (Å²) in [5.74, 6) is 0.509. The minimum Gasteiger partial charge on any atom is -0.381 e. The van der Waals surface area contributed by atoms with Gasteiger partial charge in [-0.1, -0.05) is 30.3 Å². The Labute approximate surface area is 97.4 Å². The molecule has 0 saturated carbocycles. The summed E-state index contributed by atoms with van der Waals surface area (Å²) in [6.45, 7) is 2.10. The Bertz CT molecular complexity index is 278. The maximum Gasteiger partial charge on any atom is 0.0664 e. The van der Waals surface area contributed by atoms with Gasteiger partial charge in [-0.05, 0) is 18.5 Å². The highest BCUT2D eigenvalue weighted by Gasteiger charge is 2.25. The minimum absolute atomic E-state index is 0. The van der Waals surface area contributed by atoms with Crippen molar-refractivity contribution < 1.29 is 4.74 Å². The van der Waals surface area contributed by atoms with Crippen molar-refractivity contribution in [3.63, 3.8) is 0 Å². The van der Waals surface area contributed by atoms with Gasteiger partial charge in [-0.15, -0.1) is 12.4 Å². The van der Waals surface area contributed by atoms with Crippen LogP contribution in [0.1, 0.15) is 17.9 Å². The Morgan fingerprint density at radius 1 is 1.27 bits per heavy atom. The molecule has 1 aromatic carbocycles. The predicted octanol–water partition coefficient (Wildman–Crippen LogP) is 2.20. The molecule has 1 aliphatic rings. The van der Waals surface area contributed by atoms with Gasteiger partial charge in [0.05, 0.1) is 6.10 Å². The van der Waals surface area contributed by atoms with E-state index < -0.39 is 0 Å². The molecule has 2 rings (SSSR count). The molecule has 15 heavy (non-hydrogen) atoms. The maximum atomic E-state index is 5.52. The summed E-state index contributed by atoms with van der Waals surface area (Å²) in [4.78, 5) is 0. The molecule has 0 amide bonds. The predicted molar refractivity (Wildman–Crippen MR) is 64.7 cm³/mol. The molecule has 1 N–H and O–H groups in total. The van der Waals surface area contributed by atoms with E-state index in [1.165, 1.54) is 5.56 Å². The number of piperidine rings is 1.